The Bertz CT molecular complexity index is 997. The molecule has 0 aromatic heterocycles. The molecule has 27 heavy (non-hydrogen) atoms. The fourth-order valence-electron chi connectivity index (χ4n) is 2.63. The van der Waals surface area contributed by atoms with Crippen LogP contribution in [-0.2, 0) is 0 Å². The fourth-order valence-corrected chi connectivity index (χ4v) is 3.09. The van der Waals surface area contributed by atoms with Gasteiger partial charge >= 0.3 is 0 Å². The summed E-state index contributed by atoms with van der Waals surface area (Å²) in [6, 6.07) is 19.8. The lowest BCUT2D eigenvalue weighted by molar-refractivity contribution is 0.101. The molecule has 3 rings (SSSR count). The van der Waals surface area contributed by atoms with Crippen molar-refractivity contribution < 1.29 is 9.59 Å². The first kappa shape index (κ1) is 18.9. The number of carbonyl (C=O) groups excluding carboxylic acids is 2. The summed E-state index contributed by atoms with van der Waals surface area (Å²) in [5, 5.41) is 5.76. The van der Waals surface area contributed by atoms with E-state index in [1.165, 1.54) is 0 Å². The number of nitrogens with one attached hydrogen (secondary N) is 2. The van der Waals surface area contributed by atoms with E-state index in [0.717, 1.165) is 21.3 Å². The Labute approximate surface area is 166 Å². The third kappa shape index (κ3) is 4.44. The number of halogens is 1. The maximum absolute atomic E-state index is 12.5. The van der Waals surface area contributed by atoms with Gasteiger partial charge in [-0.1, -0.05) is 24.3 Å². The second-order valence-corrected chi connectivity index (χ2v) is 7.07. The van der Waals surface area contributed by atoms with E-state index in [4.69, 9.17) is 0 Å². The molecule has 0 atom stereocenters. The van der Waals surface area contributed by atoms with Gasteiger partial charge < -0.3 is 10.6 Å². The van der Waals surface area contributed by atoms with E-state index in [-0.39, 0.29) is 11.8 Å². The quantitative estimate of drug-likeness (QED) is 0.577. The second-order valence-electron chi connectivity index (χ2n) is 6.21. The molecule has 2 amide bonds. The van der Waals surface area contributed by atoms with Gasteiger partial charge in [0.25, 0.3) is 11.8 Å². The van der Waals surface area contributed by atoms with Crippen molar-refractivity contribution in [1.29, 1.82) is 0 Å². The van der Waals surface area contributed by atoms with Gasteiger partial charge in [-0.2, -0.15) is 0 Å². The van der Waals surface area contributed by atoms with Gasteiger partial charge in [0.1, 0.15) is 0 Å². The molecule has 0 unspecified atom stereocenters. The van der Waals surface area contributed by atoms with Gasteiger partial charge in [0.15, 0.2) is 0 Å². The van der Waals surface area contributed by atoms with E-state index < -0.39 is 0 Å². The van der Waals surface area contributed by atoms with Crippen LogP contribution in [0.2, 0.25) is 0 Å². The minimum Gasteiger partial charge on any atom is -0.322 e. The summed E-state index contributed by atoms with van der Waals surface area (Å²) < 4.78 is 0.729. The van der Waals surface area contributed by atoms with E-state index in [9.17, 15) is 9.59 Å². The van der Waals surface area contributed by atoms with Crippen LogP contribution < -0.4 is 10.6 Å². The predicted octanol–water partition coefficient (Wildman–Crippen LogP) is 5.57. The van der Waals surface area contributed by atoms with Crippen LogP contribution in [-0.4, -0.2) is 11.8 Å². The van der Waals surface area contributed by atoms with Crippen molar-refractivity contribution in [2.24, 2.45) is 0 Å². The Morgan fingerprint density at radius 2 is 1.48 bits per heavy atom. The summed E-state index contributed by atoms with van der Waals surface area (Å²) in [5.74, 6) is -0.401. The van der Waals surface area contributed by atoms with Crippen LogP contribution in [0.5, 0.6) is 0 Å². The number of carbonyl (C=O) groups is 2. The lowest BCUT2D eigenvalue weighted by atomic mass is 10.1. The molecule has 0 aliphatic carbocycles. The summed E-state index contributed by atoms with van der Waals surface area (Å²) in [5.41, 5.74) is 4.66. The van der Waals surface area contributed by atoms with Crippen LogP contribution in [0.1, 0.15) is 31.8 Å². The lowest BCUT2D eigenvalue weighted by Crippen LogP contribution is -2.14. The fraction of sp³-hybridized carbons (Fsp3) is 0.0909. The highest BCUT2D eigenvalue weighted by atomic mass is 79.9. The van der Waals surface area contributed by atoms with Gasteiger partial charge in [-0.05, 0) is 83.4 Å². The van der Waals surface area contributed by atoms with Crippen LogP contribution in [0.15, 0.2) is 71.2 Å². The van der Waals surface area contributed by atoms with Gasteiger partial charge in [-0.25, -0.2) is 0 Å². The zero-order valence-corrected chi connectivity index (χ0v) is 16.6. The largest absolute Gasteiger partial charge is 0.322 e. The van der Waals surface area contributed by atoms with Gasteiger partial charge in [0.05, 0.1) is 5.56 Å². The Balaban J connectivity index is 1.70. The SMILES string of the molecule is Cc1cccc(NC(=O)c2ccc(NC(=O)c3ccccc3Br)cc2)c1C. The van der Waals surface area contributed by atoms with Gasteiger partial charge in [0, 0.05) is 21.4 Å². The summed E-state index contributed by atoms with van der Waals surface area (Å²) in [7, 11) is 0. The van der Waals surface area contributed by atoms with Crippen LogP contribution in [0.25, 0.3) is 0 Å². The van der Waals surface area contributed by atoms with E-state index >= 15 is 0 Å². The molecule has 3 aromatic carbocycles. The Kier molecular flexibility index (Phi) is 5.72. The molecule has 5 heteroatoms. The zero-order valence-electron chi connectivity index (χ0n) is 15.0. The van der Waals surface area contributed by atoms with Crippen molar-refractivity contribution in [3.63, 3.8) is 0 Å². The minimum absolute atomic E-state index is 0.188. The number of amides is 2. The van der Waals surface area contributed by atoms with E-state index in [1.54, 1.807) is 36.4 Å². The molecule has 0 spiro atoms. The Hall–Kier alpha value is -2.92. The molecule has 0 radical (unpaired) electrons. The monoisotopic (exact) mass is 422 g/mol. The molecular weight excluding hydrogens is 404 g/mol. The highest BCUT2D eigenvalue weighted by molar-refractivity contribution is 9.10. The zero-order chi connectivity index (χ0) is 19.4. The normalized spacial score (nSPS) is 10.3. The maximum atomic E-state index is 12.5. The maximum Gasteiger partial charge on any atom is 0.256 e. The van der Waals surface area contributed by atoms with Crippen molar-refractivity contribution in [2.75, 3.05) is 10.6 Å². The van der Waals surface area contributed by atoms with E-state index in [0.29, 0.717) is 16.8 Å². The third-order valence-corrected chi connectivity index (χ3v) is 5.07. The predicted molar refractivity (Wildman–Crippen MR) is 112 cm³/mol. The first-order valence-corrected chi connectivity index (χ1v) is 9.28. The molecule has 2 N–H and O–H groups in total. The lowest BCUT2D eigenvalue weighted by Gasteiger charge is -2.11. The van der Waals surface area contributed by atoms with E-state index in [1.807, 2.05) is 44.2 Å². The molecule has 136 valence electrons. The van der Waals surface area contributed by atoms with Crippen molar-refractivity contribution in [3.05, 3.63) is 93.5 Å². The molecule has 0 aliphatic rings. The topological polar surface area (TPSA) is 58.2 Å². The molecule has 0 saturated heterocycles. The van der Waals surface area contributed by atoms with Crippen molar-refractivity contribution in [2.45, 2.75) is 13.8 Å². The molecule has 0 heterocycles. The number of hydrogen-bond donors (Lipinski definition) is 2. The summed E-state index contributed by atoms with van der Waals surface area (Å²) in [6.07, 6.45) is 0. The van der Waals surface area contributed by atoms with Crippen LogP contribution in [0.3, 0.4) is 0 Å². The standard InChI is InChI=1S/C22H19BrN2O2/c1-14-6-5-9-20(15(14)2)25-21(26)16-10-12-17(13-11-16)24-22(27)18-7-3-4-8-19(18)23/h3-13H,1-2H3,(H,24,27)(H,25,26). The first-order valence-electron chi connectivity index (χ1n) is 8.49. The Morgan fingerprint density at radius 3 is 2.19 bits per heavy atom. The number of anilines is 2. The van der Waals surface area contributed by atoms with Gasteiger partial charge in [-0.3, -0.25) is 9.59 Å². The number of benzene rings is 3. The Morgan fingerprint density at radius 1 is 0.778 bits per heavy atom. The van der Waals surface area contributed by atoms with Crippen LogP contribution >= 0.6 is 15.9 Å². The molecule has 0 saturated carbocycles. The minimum atomic E-state index is -0.213. The van der Waals surface area contributed by atoms with Crippen LogP contribution in [0.4, 0.5) is 11.4 Å². The summed E-state index contributed by atoms with van der Waals surface area (Å²) in [4.78, 5) is 24.8. The average molecular weight is 423 g/mol. The van der Waals surface area contributed by atoms with Gasteiger partial charge in [0.2, 0.25) is 0 Å². The highest BCUT2D eigenvalue weighted by Gasteiger charge is 2.11. The smallest absolute Gasteiger partial charge is 0.256 e. The van der Waals surface area contributed by atoms with Crippen LogP contribution in [0, 0.1) is 13.8 Å². The molecule has 0 aliphatic heterocycles. The summed E-state index contributed by atoms with van der Waals surface area (Å²) >= 11 is 3.37. The number of aryl methyl sites for hydroxylation is 1. The van der Waals surface area contributed by atoms with Gasteiger partial charge in [-0.15, -0.1) is 0 Å². The molecule has 0 bridgehead atoms. The van der Waals surface area contributed by atoms with E-state index in [2.05, 4.69) is 26.6 Å². The van der Waals surface area contributed by atoms with Crippen molar-refractivity contribution in [3.8, 4) is 0 Å². The summed E-state index contributed by atoms with van der Waals surface area (Å²) in [6.45, 7) is 3.98. The molecule has 0 fully saturated rings. The van der Waals surface area contributed by atoms with Crippen molar-refractivity contribution >= 4 is 39.1 Å². The number of rotatable bonds is 4. The highest BCUT2D eigenvalue weighted by Crippen LogP contribution is 2.20. The second kappa shape index (κ2) is 8.18. The third-order valence-electron chi connectivity index (χ3n) is 4.38. The first-order chi connectivity index (χ1) is 13.0. The molecule has 4 nitrogen and oxygen atoms in total. The molecule has 3 aromatic rings. The molecular formula is C22H19BrN2O2. The van der Waals surface area contributed by atoms with Crippen molar-refractivity contribution in [1.82, 2.24) is 0 Å². The number of hydrogen-bond acceptors (Lipinski definition) is 2. The average Bonchev–Trinajstić information content (AvgIpc) is 2.66.